The molecule has 0 aromatic heterocycles. The van der Waals surface area contributed by atoms with E-state index in [1.54, 1.807) is 30.2 Å². The van der Waals surface area contributed by atoms with Gasteiger partial charge < -0.3 is 14.2 Å². The Labute approximate surface area is 128 Å². The average molecular weight is 304 g/mol. The molecule has 0 saturated carbocycles. The second-order valence-corrected chi connectivity index (χ2v) is 4.39. The Morgan fingerprint density at radius 3 is 2.27 bits per heavy atom. The Morgan fingerprint density at radius 1 is 1.18 bits per heavy atom. The number of ether oxygens (including phenoxy) is 3. The van der Waals surface area contributed by atoms with E-state index in [9.17, 15) is 14.4 Å². The molecule has 1 aromatic rings. The van der Waals surface area contributed by atoms with Gasteiger partial charge in [0.1, 0.15) is 24.0 Å². The van der Waals surface area contributed by atoms with E-state index in [-0.39, 0.29) is 24.2 Å². The Kier molecular flexibility index (Phi) is 6.60. The minimum absolute atomic E-state index is 0.0203. The topological polar surface area (TPSA) is 78.9 Å². The fourth-order valence-corrected chi connectivity index (χ4v) is 1.38. The van der Waals surface area contributed by atoms with Crippen molar-refractivity contribution >= 4 is 17.9 Å². The van der Waals surface area contributed by atoms with E-state index >= 15 is 0 Å². The number of rotatable bonds is 7. The first kappa shape index (κ1) is 17.2. The van der Waals surface area contributed by atoms with Crippen LogP contribution in [-0.4, -0.2) is 31.6 Å². The quantitative estimate of drug-likeness (QED) is 0.331. The molecule has 1 rings (SSSR count). The molecule has 0 aliphatic heterocycles. The third kappa shape index (κ3) is 5.64. The molecule has 0 bridgehead atoms. The summed E-state index contributed by atoms with van der Waals surface area (Å²) in [6.45, 7) is 4.56. The second kappa shape index (κ2) is 8.44. The summed E-state index contributed by atoms with van der Waals surface area (Å²) < 4.78 is 14.8. The number of carbonyl (C=O) groups excluding carboxylic acids is 3. The molecule has 0 spiro atoms. The molecule has 0 atom stereocenters. The van der Waals surface area contributed by atoms with Gasteiger partial charge in [0, 0.05) is 5.57 Å². The van der Waals surface area contributed by atoms with Gasteiger partial charge in [-0.15, -0.1) is 0 Å². The van der Waals surface area contributed by atoms with Crippen LogP contribution in [0.3, 0.4) is 0 Å². The third-order valence-corrected chi connectivity index (χ3v) is 2.52. The van der Waals surface area contributed by atoms with Crippen molar-refractivity contribution in [3.05, 3.63) is 42.0 Å². The van der Waals surface area contributed by atoms with E-state index < -0.39 is 11.9 Å². The molecule has 1 aromatic carbocycles. The number of carbonyl (C=O) groups is 2. The third-order valence-electron chi connectivity index (χ3n) is 2.52. The highest BCUT2D eigenvalue weighted by Crippen LogP contribution is 2.17. The highest BCUT2D eigenvalue weighted by molar-refractivity contribution is 5.87. The molecule has 0 fully saturated rings. The summed E-state index contributed by atoms with van der Waals surface area (Å²) in [5.74, 6) is 1.21. The summed E-state index contributed by atoms with van der Waals surface area (Å²) in [7, 11) is 1.52. The highest BCUT2D eigenvalue weighted by atomic mass is 16.5. The van der Waals surface area contributed by atoms with Crippen molar-refractivity contribution in [1.29, 1.82) is 0 Å². The first-order valence-corrected chi connectivity index (χ1v) is 6.36. The van der Waals surface area contributed by atoms with Crippen LogP contribution in [0, 0.1) is 0 Å². The number of esters is 2. The Bertz CT molecular complexity index is 608. The van der Waals surface area contributed by atoms with Crippen molar-refractivity contribution in [2.75, 3.05) is 13.7 Å². The molecular weight excluding hydrogens is 288 g/mol. The molecule has 0 amide bonds. The van der Waals surface area contributed by atoms with Crippen LogP contribution in [0.5, 0.6) is 11.5 Å². The van der Waals surface area contributed by atoms with Gasteiger partial charge in [-0.2, -0.15) is 0 Å². The smallest absolute Gasteiger partial charge is 0.333 e. The van der Waals surface area contributed by atoms with Crippen molar-refractivity contribution in [3.8, 4) is 11.5 Å². The fourth-order valence-electron chi connectivity index (χ4n) is 1.38. The lowest BCUT2D eigenvalue weighted by atomic mass is 10.2. The first-order valence-electron chi connectivity index (χ1n) is 6.36. The summed E-state index contributed by atoms with van der Waals surface area (Å²) in [6.07, 6.45) is -0.320. The minimum Gasteiger partial charge on any atom is -0.497 e. The van der Waals surface area contributed by atoms with Crippen molar-refractivity contribution in [2.24, 2.45) is 0 Å². The maximum atomic E-state index is 11.7. The SMILES string of the molecule is C=C(C)C(=O)OCC(=C=O)CC(=O)Oc1ccc(OC)cc1. The summed E-state index contributed by atoms with van der Waals surface area (Å²) in [4.78, 5) is 33.7. The summed E-state index contributed by atoms with van der Waals surface area (Å²) in [5, 5.41) is 0. The standard InChI is InChI=1S/C16H16O6/c1-11(2)16(19)21-10-12(9-17)8-15(18)22-14-6-4-13(20-3)5-7-14/h4-7H,1,8,10H2,2-3H3. The van der Waals surface area contributed by atoms with Crippen LogP contribution in [-0.2, 0) is 19.1 Å². The van der Waals surface area contributed by atoms with E-state index in [0.717, 1.165) is 0 Å². The Morgan fingerprint density at radius 2 is 1.77 bits per heavy atom. The number of benzene rings is 1. The largest absolute Gasteiger partial charge is 0.497 e. The molecule has 6 heteroatoms. The zero-order valence-corrected chi connectivity index (χ0v) is 12.4. The van der Waals surface area contributed by atoms with Gasteiger partial charge in [-0.1, -0.05) is 6.58 Å². The highest BCUT2D eigenvalue weighted by Gasteiger charge is 2.12. The average Bonchev–Trinajstić information content (AvgIpc) is 2.51. The van der Waals surface area contributed by atoms with Crippen LogP contribution in [0.1, 0.15) is 13.3 Å². The molecule has 0 radical (unpaired) electrons. The predicted molar refractivity (Wildman–Crippen MR) is 78.2 cm³/mol. The van der Waals surface area contributed by atoms with Crippen LogP contribution >= 0.6 is 0 Å². The van der Waals surface area contributed by atoms with Gasteiger partial charge in [0.05, 0.1) is 19.1 Å². The van der Waals surface area contributed by atoms with E-state index in [1.165, 1.54) is 14.0 Å². The Hall–Kier alpha value is -2.85. The molecular formula is C16H16O6. The molecule has 0 aliphatic carbocycles. The molecule has 0 heterocycles. The fraction of sp³-hybridized carbons (Fsp3) is 0.250. The van der Waals surface area contributed by atoms with Crippen LogP contribution in [0.2, 0.25) is 0 Å². The predicted octanol–water partition coefficient (Wildman–Crippen LogP) is 1.87. The zero-order valence-electron chi connectivity index (χ0n) is 12.4. The van der Waals surface area contributed by atoms with Crippen molar-refractivity contribution in [1.82, 2.24) is 0 Å². The maximum Gasteiger partial charge on any atom is 0.333 e. The Balaban J connectivity index is 2.52. The van der Waals surface area contributed by atoms with Crippen LogP contribution in [0.4, 0.5) is 0 Å². The van der Waals surface area contributed by atoms with Gasteiger partial charge in [0.15, 0.2) is 0 Å². The van der Waals surface area contributed by atoms with Crippen molar-refractivity contribution < 1.29 is 28.6 Å². The normalized spacial score (nSPS) is 9.36. The van der Waals surface area contributed by atoms with Gasteiger partial charge >= 0.3 is 11.9 Å². The molecule has 6 nitrogen and oxygen atoms in total. The van der Waals surface area contributed by atoms with Gasteiger partial charge in [0.25, 0.3) is 0 Å². The lowest BCUT2D eigenvalue weighted by Crippen LogP contribution is -2.14. The number of hydrogen-bond acceptors (Lipinski definition) is 6. The van der Waals surface area contributed by atoms with Gasteiger partial charge in [-0.25, -0.2) is 9.59 Å². The summed E-state index contributed by atoms with van der Waals surface area (Å²) in [5.41, 5.74) is 0.180. The summed E-state index contributed by atoms with van der Waals surface area (Å²) in [6, 6.07) is 6.38. The number of hydrogen-bond donors (Lipinski definition) is 0. The van der Waals surface area contributed by atoms with E-state index in [1.807, 2.05) is 0 Å². The molecule has 0 aliphatic rings. The van der Waals surface area contributed by atoms with Crippen LogP contribution in [0.15, 0.2) is 42.0 Å². The number of methoxy groups -OCH3 is 1. The van der Waals surface area contributed by atoms with E-state index in [2.05, 4.69) is 6.58 Å². The maximum absolute atomic E-state index is 11.7. The first-order chi connectivity index (χ1) is 10.5. The van der Waals surface area contributed by atoms with Crippen molar-refractivity contribution in [3.63, 3.8) is 0 Å². The lowest BCUT2D eigenvalue weighted by Gasteiger charge is -2.07. The molecule has 0 saturated heterocycles. The van der Waals surface area contributed by atoms with E-state index in [0.29, 0.717) is 11.5 Å². The molecule has 0 unspecified atom stereocenters. The minimum atomic E-state index is -0.658. The second-order valence-electron chi connectivity index (χ2n) is 4.39. The van der Waals surface area contributed by atoms with Crippen molar-refractivity contribution in [2.45, 2.75) is 13.3 Å². The molecule has 0 N–H and O–H groups in total. The van der Waals surface area contributed by atoms with Crippen LogP contribution in [0.25, 0.3) is 0 Å². The lowest BCUT2D eigenvalue weighted by molar-refractivity contribution is -0.139. The van der Waals surface area contributed by atoms with E-state index in [4.69, 9.17) is 14.2 Å². The monoisotopic (exact) mass is 304 g/mol. The zero-order chi connectivity index (χ0) is 16.5. The van der Waals surface area contributed by atoms with Crippen LogP contribution < -0.4 is 9.47 Å². The van der Waals surface area contributed by atoms with Gasteiger partial charge in [0.2, 0.25) is 0 Å². The van der Waals surface area contributed by atoms with Gasteiger partial charge in [-0.3, -0.25) is 4.79 Å². The molecule has 22 heavy (non-hydrogen) atoms. The van der Waals surface area contributed by atoms with Gasteiger partial charge in [-0.05, 0) is 31.2 Å². The summed E-state index contributed by atoms with van der Waals surface area (Å²) >= 11 is 0. The molecule has 116 valence electrons.